The highest BCUT2D eigenvalue weighted by Crippen LogP contribution is 2.15. The van der Waals surface area contributed by atoms with E-state index in [9.17, 15) is 0 Å². The zero-order chi connectivity index (χ0) is 17.2. The molecule has 0 unspecified atom stereocenters. The van der Waals surface area contributed by atoms with Crippen LogP contribution in [0.25, 0.3) is 0 Å². The Morgan fingerprint density at radius 1 is 1.12 bits per heavy atom. The van der Waals surface area contributed by atoms with Crippen molar-refractivity contribution in [3.8, 4) is 5.75 Å². The highest BCUT2D eigenvalue weighted by atomic mass is 16.5. The first-order valence-electron chi connectivity index (χ1n) is 8.24. The van der Waals surface area contributed by atoms with E-state index < -0.39 is 0 Å². The van der Waals surface area contributed by atoms with Gasteiger partial charge in [-0.3, -0.25) is 4.99 Å². The standard InChI is InChI=1S/C19H26N4O/c1-3-23(17-8-5-4-6-9-17)15-7-14-21-19(20)22-16-10-12-18(24-2)13-11-16/h4-6,8-13H,3,7,14-15H2,1-2H3,(H3,20,21,22). The first-order chi connectivity index (χ1) is 11.7. The topological polar surface area (TPSA) is 62.9 Å². The molecule has 0 spiro atoms. The van der Waals surface area contributed by atoms with Gasteiger partial charge in [-0.15, -0.1) is 0 Å². The predicted molar refractivity (Wildman–Crippen MR) is 102 cm³/mol. The number of benzene rings is 2. The maximum atomic E-state index is 5.93. The lowest BCUT2D eigenvalue weighted by Gasteiger charge is -2.22. The fraction of sp³-hybridized carbons (Fsp3) is 0.316. The Bertz CT molecular complexity index is 626. The Morgan fingerprint density at radius 2 is 1.83 bits per heavy atom. The SMILES string of the molecule is CCN(CCCN=C(N)Nc1ccc(OC)cc1)c1ccccc1. The summed E-state index contributed by atoms with van der Waals surface area (Å²) in [6.45, 7) is 4.79. The van der Waals surface area contributed by atoms with Crippen molar-refractivity contribution in [2.45, 2.75) is 13.3 Å². The number of rotatable bonds is 8. The van der Waals surface area contributed by atoms with E-state index in [1.54, 1.807) is 7.11 Å². The third-order valence-electron chi connectivity index (χ3n) is 3.73. The van der Waals surface area contributed by atoms with Crippen molar-refractivity contribution >= 4 is 17.3 Å². The molecule has 5 nitrogen and oxygen atoms in total. The number of ether oxygens (including phenoxy) is 1. The van der Waals surface area contributed by atoms with Gasteiger partial charge in [0.2, 0.25) is 0 Å². The highest BCUT2D eigenvalue weighted by Gasteiger charge is 2.02. The molecule has 3 N–H and O–H groups in total. The van der Waals surface area contributed by atoms with Gasteiger partial charge in [-0.05, 0) is 49.7 Å². The van der Waals surface area contributed by atoms with Gasteiger partial charge in [-0.1, -0.05) is 18.2 Å². The molecule has 0 aliphatic rings. The Balaban J connectivity index is 1.77. The number of nitrogens with two attached hydrogens (primary N) is 1. The Hall–Kier alpha value is -2.69. The van der Waals surface area contributed by atoms with Crippen LogP contribution in [-0.4, -0.2) is 32.7 Å². The summed E-state index contributed by atoms with van der Waals surface area (Å²) in [6, 6.07) is 18.0. The minimum absolute atomic E-state index is 0.433. The van der Waals surface area contributed by atoms with Gasteiger partial charge in [0.05, 0.1) is 7.11 Å². The number of methoxy groups -OCH3 is 1. The van der Waals surface area contributed by atoms with Gasteiger partial charge in [0, 0.05) is 31.0 Å². The maximum Gasteiger partial charge on any atom is 0.193 e. The number of guanidine groups is 1. The second-order valence-corrected chi connectivity index (χ2v) is 5.39. The summed E-state index contributed by atoms with van der Waals surface area (Å²) >= 11 is 0. The molecule has 2 rings (SSSR count). The van der Waals surface area contributed by atoms with Crippen molar-refractivity contribution < 1.29 is 4.74 Å². The molecule has 128 valence electrons. The van der Waals surface area contributed by atoms with Crippen LogP contribution in [0, 0.1) is 0 Å². The van der Waals surface area contributed by atoms with Gasteiger partial charge in [-0.25, -0.2) is 0 Å². The summed E-state index contributed by atoms with van der Waals surface area (Å²) in [7, 11) is 1.65. The van der Waals surface area contributed by atoms with Gasteiger partial charge in [0.15, 0.2) is 5.96 Å². The molecule has 0 aliphatic carbocycles. The molecule has 0 radical (unpaired) electrons. The molecule has 5 heteroatoms. The fourth-order valence-corrected chi connectivity index (χ4v) is 2.43. The molecule has 0 heterocycles. The van der Waals surface area contributed by atoms with Crippen LogP contribution < -0.4 is 20.7 Å². The average molecular weight is 326 g/mol. The van der Waals surface area contributed by atoms with Gasteiger partial charge in [0.25, 0.3) is 0 Å². The smallest absolute Gasteiger partial charge is 0.193 e. The number of hydrogen-bond donors (Lipinski definition) is 2. The zero-order valence-electron chi connectivity index (χ0n) is 14.4. The van der Waals surface area contributed by atoms with E-state index in [1.165, 1.54) is 5.69 Å². The molecule has 0 saturated carbocycles. The van der Waals surface area contributed by atoms with E-state index >= 15 is 0 Å². The van der Waals surface area contributed by atoms with E-state index in [-0.39, 0.29) is 0 Å². The largest absolute Gasteiger partial charge is 0.497 e. The van der Waals surface area contributed by atoms with Crippen molar-refractivity contribution in [3.05, 3.63) is 54.6 Å². The quantitative estimate of drug-likeness (QED) is 0.444. The number of nitrogens with one attached hydrogen (secondary N) is 1. The van der Waals surface area contributed by atoms with Crippen LogP contribution in [0.3, 0.4) is 0 Å². The number of nitrogens with zero attached hydrogens (tertiary/aromatic N) is 2. The molecule has 24 heavy (non-hydrogen) atoms. The minimum atomic E-state index is 0.433. The summed E-state index contributed by atoms with van der Waals surface area (Å²) in [5, 5.41) is 3.09. The highest BCUT2D eigenvalue weighted by molar-refractivity contribution is 5.92. The normalized spacial score (nSPS) is 11.2. The number of anilines is 2. The van der Waals surface area contributed by atoms with Crippen LogP contribution in [0.2, 0.25) is 0 Å². The van der Waals surface area contributed by atoms with E-state index in [0.717, 1.165) is 30.9 Å². The van der Waals surface area contributed by atoms with E-state index in [0.29, 0.717) is 12.5 Å². The Labute approximate surface area is 144 Å². The first-order valence-corrected chi connectivity index (χ1v) is 8.24. The van der Waals surface area contributed by atoms with Crippen molar-refractivity contribution in [1.82, 2.24) is 0 Å². The van der Waals surface area contributed by atoms with Crippen LogP contribution in [0.15, 0.2) is 59.6 Å². The van der Waals surface area contributed by atoms with Gasteiger partial charge in [-0.2, -0.15) is 0 Å². The lowest BCUT2D eigenvalue weighted by atomic mass is 10.2. The molecule has 0 saturated heterocycles. The molecule has 0 aromatic heterocycles. The molecule has 0 amide bonds. The molecule has 0 fully saturated rings. The third kappa shape index (κ3) is 5.50. The summed E-state index contributed by atoms with van der Waals surface area (Å²) in [5.41, 5.74) is 8.07. The van der Waals surface area contributed by atoms with E-state index in [4.69, 9.17) is 10.5 Å². The second kappa shape index (κ2) is 9.45. The van der Waals surface area contributed by atoms with Crippen LogP contribution >= 0.6 is 0 Å². The zero-order valence-corrected chi connectivity index (χ0v) is 14.4. The van der Waals surface area contributed by atoms with Gasteiger partial charge >= 0.3 is 0 Å². The lowest BCUT2D eigenvalue weighted by molar-refractivity contribution is 0.415. The third-order valence-corrected chi connectivity index (χ3v) is 3.73. The summed E-state index contributed by atoms with van der Waals surface area (Å²) in [4.78, 5) is 6.72. The molecule has 0 atom stereocenters. The Morgan fingerprint density at radius 3 is 2.46 bits per heavy atom. The predicted octanol–water partition coefficient (Wildman–Crippen LogP) is 3.34. The molecular weight excluding hydrogens is 300 g/mol. The van der Waals surface area contributed by atoms with Crippen LogP contribution in [0.5, 0.6) is 5.75 Å². The fourth-order valence-electron chi connectivity index (χ4n) is 2.43. The molecule has 0 aliphatic heterocycles. The molecule has 2 aromatic rings. The lowest BCUT2D eigenvalue weighted by Crippen LogP contribution is -2.26. The Kier molecular flexibility index (Phi) is 6.95. The van der Waals surface area contributed by atoms with Crippen LogP contribution in [-0.2, 0) is 0 Å². The van der Waals surface area contributed by atoms with Crippen molar-refractivity contribution in [3.63, 3.8) is 0 Å². The van der Waals surface area contributed by atoms with Gasteiger partial charge in [0.1, 0.15) is 5.75 Å². The monoisotopic (exact) mass is 326 g/mol. The second-order valence-electron chi connectivity index (χ2n) is 5.39. The first kappa shape index (κ1) is 17.7. The summed E-state index contributed by atoms with van der Waals surface area (Å²) in [5.74, 6) is 1.25. The van der Waals surface area contributed by atoms with Gasteiger partial charge < -0.3 is 20.7 Å². The molecule has 0 bridgehead atoms. The molecular formula is C19H26N4O. The molecule has 2 aromatic carbocycles. The van der Waals surface area contributed by atoms with Crippen molar-refractivity contribution in [2.24, 2.45) is 10.7 Å². The average Bonchev–Trinajstić information content (AvgIpc) is 2.63. The minimum Gasteiger partial charge on any atom is -0.497 e. The van der Waals surface area contributed by atoms with Crippen LogP contribution in [0.1, 0.15) is 13.3 Å². The van der Waals surface area contributed by atoms with Crippen LogP contribution in [0.4, 0.5) is 11.4 Å². The number of para-hydroxylation sites is 1. The number of hydrogen-bond acceptors (Lipinski definition) is 3. The maximum absolute atomic E-state index is 5.93. The van der Waals surface area contributed by atoms with Crippen molar-refractivity contribution in [2.75, 3.05) is 37.0 Å². The van der Waals surface area contributed by atoms with E-state index in [2.05, 4.69) is 46.4 Å². The van der Waals surface area contributed by atoms with Crippen molar-refractivity contribution in [1.29, 1.82) is 0 Å². The summed E-state index contributed by atoms with van der Waals surface area (Å²) < 4.78 is 5.13. The van der Waals surface area contributed by atoms with E-state index in [1.807, 2.05) is 30.3 Å². The summed E-state index contributed by atoms with van der Waals surface area (Å²) in [6.07, 6.45) is 0.952. The number of aliphatic imine (C=N–C) groups is 1.